The van der Waals surface area contributed by atoms with Crippen molar-refractivity contribution in [3.8, 4) is 0 Å². The molecule has 1 aliphatic heterocycles. The quantitative estimate of drug-likeness (QED) is 0.878. The Hall–Kier alpha value is -1.39. The Morgan fingerprint density at radius 3 is 2.64 bits per heavy atom. The van der Waals surface area contributed by atoms with E-state index in [0.717, 1.165) is 43.7 Å². The van der Waals surface area contributed by atoms with E-state index in [0.29, 0.717) is 12.3 Å². The lowest BCUT2D eigenvalue weighted by Crippen LogP contribution is -2.29. The summed E-state index contributed by atoms with van der Waals surface area (Å²) in [5.41, 5.74) is 1.24. The Morgan fingerprint density at radius 1 is 1.36 bits per heavy atom. The van der Waals surface area contributed by atoms with Crippen LogP contribution in [0.4, 0.5) is 0 Å². The van der Waals surface area contributed by atoms with Gasteiger partial charge in [0.1, 0.15) is 0 Å². The summed E-state index contributed by atoms with van der Waals surface area (Å²) in [6, 6.07) is 7.76. The molecule has 4 nitrogen and oxygen atoms in total. The number of aliphatic hydroxyl groups is 1. The molecular weight excluding hydrogens is 278 g/mol. The van der Waals surface area contributed by atoms with Crippen LogP contribution in [0.15, 0.2) is 24.3 Å². The second-order valence-corrected chi connectivity index (χ2v) is 6.87. The van der Waals surface area contributed by atoms with Crippen molar-refractivity contribution in [3.05, 3.63) is 35.4 Å². The summed E-state index contributed by atoms with van der Waals surface area (Å²) < 4.78 is 5.17. The van der Waals surface area contributed by atoms with Crippen LogP contribution in [0.3, 0.4) is 0 Å². The van der Waals surface area contributed by atoms with Crippen LogP contribution in [-0.4, -0.2) is 48.3 Å². The Balaban J connectivity index is 1.91. The van der Waals surface area contributed by atoms with E-state index in [9.17, 15) is 9.90 Å². The molecule has 1 heterocycles. The fraction of sp³-hybridized carbons (Fsp3) is 0.611. The van der Waals surface area contributed by atoms with Gasteiger partial charge in [-0.3, -0.25) is 4.79 Å². The van der Waals surface area contributed by atoms with E-state index in [1.54, 1.807) is 7.11 Å². The molecule has 1 amide bonds. The summed E-state index contributed by atoms with van der Waals surface area (Å²) in [5, 5.41) is 9.76. The van der Waals surface area contributed by atoms with E-state index in [2.05, 4.69) is 0 Å². The number of carbonyl (C=O) groups is 1. The number of amides is 1. The molecule has 0 unspecified atom stereocenters. The van der Waals surface area contributed by atoms with Crippen LogP contribution in [0.25, 0.3) is 0 Å². The predicted octanol–water partition coefficient (Wildman–Crippen LogP) is 2.50. The molecule has 122 valence electrons. The molecule has 1 fully saturated rings. The van der Waals surface area contributed by atoms with Crippen LogP contribution in [0.2, 0.25) is 0 Å². The number of hydrogen-bond donors (Lipinski definition) is 1. The Morgan fingerprint density at radius 2 is 2.05 bits per heavy atom. The van der Waals surface area contributed by atoms with Crippen molar-refractivity contribution < 1.29 is 14.6 Å². The van der Waals surface area contributed by atoms with Crippen molar-refractivity contribution in [1.82, 2.24) is 4.90 Å². The van der Waals surface area contributed by atoms with E-state index in [-0.39, 0.29) is 5.91 Å². The maximum Gasteiger partial charge on any atom is 0.253 e. The zero-order valence-corrected chi connectivity index (χ0v) is 13.8. The Labute approximate surface area is 133 Å². The van der Waals surface area contributed by atoms with Gasteiger partial charge in [-0.1, -0.05) is 12.1 Å². The molecule has 1 aromatic carbocycles. The van der Waals surface area contributed by atoms with E-state index < -0.39 is 5.60 Å². The first-order valence-corrected chi connectivity index (χ1v) is 7.98. The first kappa shape index (κ1) is 17.0. The standard InChI is InChI=1S/C18H27NO3/c1-18(2,21)10-8-14-4-6-16(7-5-14)17(20)19-11-9-15(12-19)13-22-3/h4-7,15,21H,8-13H2,1-3H3/t15-/m0/s1. The highest BCUT2D eigenvalue weighted by Crippen LogP contribution is 2.20. The largest absolute Gasteiger partial charge is 0.390 e. The number of nitrogens with zero attached hydrogens (tertiary/aromatic N) is 1. The van der Waals surface area contributed by atoms with Crippen LogP contribution in [-0.2, 0) is 11.2 Å². The van der Waals surface area contributed by atoms with Gasteiger partial charge in [-0.15, -0.1) is 0 Å². The molecule has 2 rings (SSSR count). The second-order valence-electron chi connectivity index (χ2n) is 6.87. The topological polar surface area (TPSA) is 49.8 Å². The Bertz CT molecular complexity index is 490. The summed E-state index contributed by atoms with van der Waals surface area (Å²) in [6.07, 6.45) is 2.55. The second kappa shape index (κ2) is 7.25. The minimum absolute atomic E-state index is 0.104. The number of methoxy groups -OCH3 is 1. The van der Waals surface area contributed by atoms with Crippen molar-refractivity contribution in [2.75, 3.05) is 26.8 Å². The number of likely N-dealkylation sites (tertiary alicyclic amines) is 1. The summed E-state index contributed by atoms with van der Waals surface area (Å²) in [5.74, 6) is 0.563. The van der Waals surface area contributed by atoms with Crippen LogP contribution in [0.1, 0.15) is 42.6 Å². The molecule has 0 radical (unpaired) electrons. The molecule has 0 aliphatic carbocycles. The Kier molecular flexibility index (Phi) is 5.59. The maximum absolute atomic E-state index is 12.5. The minimum atomic E-state index is -0.652. The monoisotopic (exact) mass is 305 g/mol. The highest BCUT2D eigenvalue weighted by Gasteiger charge is 2.26. The average molecular weight is 305 g/mol. The van der Waals surface area contributed by atoms with Gasteiger partial charge in [0.2, 0.25) is 0 Å². The third-order valence-electron chi connectivity index (χ3n) is 4.20. The van der Waals surface area contributed by atoms with Crippen LogP contribution < -0.4 is 0 Å². The van der Waals surface area contributed by atoms with Gasteiger partial charge in [0.05, 0.1) is 12.2 Å². The van der Waals surface area contributed by atoms with Gasteiger partial charge in [0.25, 0.3) is 5.91 Å². The van der Waals surface area contributed by atoms with Crippen molar-refractivity contribution in [2.45, 2.75) is 38.7 Å². The average Bonchev–Trinajstić information content (AvgIpc) is 2.93. The lowest BCUT2D eigenvalue weighted by atomic mass is 9.98. The van der Waals surface area contributed by atoms with E-state index in [1.807, 2.05) is 43.0 Å². The first-order chi connectivity index (χ1) is 10.4. The van der Waals surface area contributed by atoms with Crippen molar-refractivity contribution in [3.63, 3.8) is 0 Å². The van der Waals surface area contributed by atoms with E-state index in [1.165, 1.54) is 0 Å². The molecule has 0 spiro atoms. The molecule has 1 saturated heterocycles. The van der Waals surface area contributed by atoms with Gasteiger partial charge < -0.3 is 14.7 Å². The highest BCUT2D eigenvalue weighted by atomic mass is 16.5. The van der Waals surface area contributed by atoms with Gasteiger partial charge in [-0.2, -0.15) is 0 Å². The lowest BCUT2D eigenvalue weighted by molar-refractivity contribution is 0.0712. The molecule has 1 aromatic rings. The third-order valence-corrected chi connectivity index (χ3v) is 4.20. The lowest BCUT2D eigenvalue weighted by Gasteiger charge is -2.18. The third kappa shape index (κ3) is 4.82. The van der Waals surface area contributed by atoms with Gasteiger partial charge in [-0.25, -0.2) is 0 Å². The minimum Gasteiger partial charge on any atom is -0.390 e. The normalized spacial score (nSPS) is 18.7. The molecule has 1 N–H and O–H groups in total. The molecule has 0 saturated carbocycles. The number of benzene rings is 1. The number of ether oxygens (including phenoxy) is 1. The van der Waals surface area contributed by atoms with Gasteiger partial charge in [0.15, 0.2) is 0 Å². The van der Waals surface area contributed by atoms with Gasteiger partial charge in [0, 0.05) is 31.7 Å². The number of hydrogen-bond acceptors (Lipinski definition) is 3. The van der Waals surface area contributed by atoms with Gasteiger partial charge >= 0.3 is 0 Å². The fourth-order valence-electron chi connectivity index (χ4n) is 2.84. The van der Waals surface area contributed by atoms with Crippen molar-refractivity contribution in [2.24, 2.45) is 5.92 Å². The van der Waals surface area contributed by atoms with E-state index >= 15 is 0 Å². The zero-order valence-electron chi connectivity index (χ0n) is 13.8. The van der Waals surface area contributed by atoms with Crippen LogP contribution >= 0.6 is 0 Å². The summed E-state index contributed by atoms with van der Waals surface area (Å²) in [6.45, 7) is 5.95. The summed E-state index contributed by atoms with van der Waals surface area (Å²) >= 11 is 0. The van der Waals surface area contributed by atoms with E-state index in [4.69, 9.17) is 4.74 Å². The molecule has 0 bridgehead atoms. The first-order valence-electron chi connectivity index (χ1n) is 7.98. The molecule has 4 heteroatoms. The zero-order chi connectivity index (χ0) is 16.2. The fourth-order valence-corrected chi connectivity index (χ4v) is 2.84. The van der Waals surface area contributed by atoms with Crippen molar-refractivity contribution >= 4 is 5.91 Å². The maximum atomic E-state index is 12.5. The SMILES string of the molecule is COC[C@H]1CCN(C(=O)c2ccc(CCC(C)(C)O)cc2)C1. The number of carbonyl (C=O) groups excluding carboxylic acids is 1. The number of rotatable bonds is 6. The molecule has 1 aliphatic rings. The molecule has 1 atom stereocenters. The predicted molar refractivity (Wildman–Crippen MR) is 86.9 cm³/mol. The van der Waals surface area contributed by atoms with Crippen LogP contribution in [0, 0.1) is 5.92 Å². The van der Waals surface area contributed by atoms with Crippen LogP contribution in [0.5, 0.6) is 0 Å². The number of aryl methyl sites for hydroxylation is 1. The van der Waals surface area contributed by atoms with Crippen molar-refractivity contribution in [1.29, 1.82) is 0 Å². The van der Waals surface area contributed by atoms with Gasteiger partial charge in [-0.05, 0) is 50.8 Å². The smallest absolute Gasteiger partial charge is 0.253 e. The molecule has 0 aromatic heterocycles. The summed E-state index contributed by atoms with van der Waals surface area (Å²) in [7, 11) is 1.71. The summed E-state index contributed by atoms with van der Waals surface area (Å²) in [4.78, 5) is 14.4. The molecular formula is C18H27NO3. The molecule has 22 heavy (non-hydrogen) atoms. The highest BCUT2D eigenvalue weighted by molar-refractivity contribution is 5.94.